The van der Waals surface area contributed by atoms with Crippen LogP contribution in [0.4, 0.5) is 10.5 Å². The van der Waals surface area contributed by atoms with Crippen molar-refractivity contribution in [2.45, 2.75) is 119 Å². The van der Waals surface area contributed by atoms with Crippen LogP contribution in [0.25, 0.3) is 0 Å². The number of nitrogens with one attached hydrogen (secondary N) is 4. The zero-order chi connectivity index (χ0) is 38.5. The van der Waals surface area contributed by atoms with Gasteiger partial charge in [-0.2, -0.15) is 0 Å². The van der Waals surface area contributed by atoms with Crippen molar-refractivity contribution >= 4 is 47.2 Å². The number of nitrogens with two attached hydrogens (primary N) is 1. The van der Waals surface area contributed by atoms with Crippen LogP contribution < -0.4 is 27.0 Å². The molecule has 0 radical (unpaired) electrons. The van der Waals surface area contributed by atoms with Gasteiger partial charge in [0.25, 0.3) is 0 Å². The lowest BCUT2D eigenvalue weighted by atomic mass is 9.80. The molecule has 7 amide bonds. The van der Waals surface area contributed by atoms with Gasteiger partial charge in [0.1, 0.15) is 18.7 Å². The number of carbonyl (C=O) groups excluding carboxylic acids is 7. The molecule has 1 heterocycles. The van der Waals surface area contributed by atoms with E-state index >= 15 is 0 Å². The Hall–Kier alpha value is -4.49. The summed E-state index contributed by atoms with van der Waals surface area (Å²) in [6.45, 7) is 15.3. The number of esters is 1. The van der Waals surface area contributed by atoms with Gasteiger partial charge in [0.15, 0.2) is 0 Å². The maximum atomic E-state index is 13.4. The van der Waals surface area contributed by atoms with E-state index in [1.165, 1.54) is 4.90 Å². The molecule has 1 aliphatic rings. The molecule has 0 saturated carbocycles. The molecule has 0 bridgehead atoms. The minimum atomic E-state index is -0.994. The first-order chi connectivity index (χ1) is 23.7. The standard InChI is InChI=1S/C37H58N6O8/c1-23(2)30(42-28(44)14-10-9-11-20-43-29(45)21-26(33(43)48)36(3,4)5)32(47)41-27(13-12-19-39-35(38)50)31(46)40-25-17-15-24(16-18-25)22-51-34(49)37(6,7)8/h15-18,23,26-27,30H,9-14,19-22H2,1-8H3,(H,40,46)(H,41,47)(H,42,44)(H3,38,39,50). The highest BCUT2D eigenvalue weighted by Crippen LogP contribution is 2.35. The number of urea groups is 1. The van der Waals surface area contributed by atoms with E-state index in [0.717, 1.165) is 5.56 Å². The zero-order valence-corrected chi connectivity index (χ0v) is 31.5. The van der Waals surface area contributed by atoms with Crippen molar-refractivity contribution < 1.29 is 38.3 Å². The normalized spacial score (nSPS) is 16.0. The van der Waals surface area contributed by atoms with Crippen LogP contribution in [0, 0.1) is 22.7 Å². The Balaban J connectivity index is 1.95. The van der Waals surface area contributed by atoms with Gasteiger partial charge < -0.3 is 31.7 Å². The van der Waals surface area contributed by atoms with Gasteiger partial charge in [-0.05, 0) is 75.5 Å². The molecule has 1 aliphatic heterocycles. The first-order valence-corrected chi connectivity index (χ1v) is 17.7. The second kappa shape index (κ2) is 19.2. The molecule has 0 aromatic heterocycles. The number of imide groups is 1. The van der Waals surface area contributed by atoms with E-state index in [1.54, 1.807) is 58.9 Å². The second-order valence-corrected chi connectivity index (χ2v) is 15.6. The molecule has 2 rings (SSSR count). The highest BCUT2D eigenvalue weighted by Gasteiger charge is 2.44. The number of amides is 7. The predicted molar refractivity (Wildman–Crippen MR) is 193 cm³/mol. The summed E-state index contributed by atoms with van der Waals surface area (Å²) in [6.07, 6.45) is 2.59. The van der Waals surface area contributed by atoms with E-state index in [9.17, 15) is 33.6 Å². The summed E-state index contributed by atoms with van der Waals surface area (Å²) in [5.74, 6) is -2.60. The summed E-state index contributed by atoms with van der Waals surface area (Å²) in [6, 6.07) is 4.14. The van der Waals surface area contributed by atoms with Crippen molar-refractivity contribution in [2.75, 3.05) is 18.4 Å². The third-order valence-electron chi connectivity index (χ3n) is 8.65. The summed E-state index contributed by atoms with van der Waals surface area (Å²) in [5, 5.41) is 10.8. The van der Waals surface area contributed by atoms with E-state index in [2.05, 4.69) is 21.3 Å². The average molecular weight is 715 g/mol. The van der Waals surface area contributed by atoms with E-state index in [1.807, 2.05) is 20.8 Å². The van der Waals surface area contributed by atoms with Crippen LogP contribution in [0.3, 0.4) is 0 Å². The van der Waals surface area contributed by atoms with Crippen molar-refractivity contribution in [2.24, 2.45) is 28.4 Å². The molecule has 284 valence electrons. The van der Waals surface area contributed by atoms with Gasteiger partial charge in [-0.1, -0.05) is 53.2 Å². The van der Waals surface area contributed by atoms with Gasteiger partial charge in [0.05, 0.1) is 11.3 Å². The third-order valence-corrected chi connectivity index (χ3v) is 8.65. The summed E-state index contributed by atoms with van der Waals surface area (Å²) in [4.78, 5) is 89.3. The summed E-state index contributed by atoms with van der Waals surface area (Å²) >= 11 is 0. The Morgan fingerprint density at radius 3 is 2.10 bits per heavy atom. The number of carbonyl (C=O) groups is 7. The van der Waals surface area contributed by atoms with Crippen LogP contribution >= 0.6 is 0 Å². The first kappa shape index (κ1) is 42.7. The minimum Gasteiger partial charge on any atom is -0.460 e. The van der Waals surface area contributed by atoms with Crippen molar-refractivity contribution in [3.8, 4) is 0 Å². The number of rotatable bonds is 18. The second-order valence-electron chi connectivity index (χ2n) is 15.6. The molecular formula is C37H58N6O8. The molecule has 1 saturated heterocycles. The lowest BCUT2D eigenvalue weighted by molar-refractivity contribution is -0.154. The van der Waals surface area contributed by atoms with E-state index in [4.69, 9.17) is 10.5 Å². The molecule has 0 spiro atoms. The van der Waals surface area contributed by atoms with Gasteiger partial charge in [-0.25, -0.2) is 4.79 Å². The Labute approximate surface area is 301 Å². The number of unbranched alkanes of at least 4 members (excludes halogenated alkanes) is 2. The fourth-order valence-electron chi connectivity index (χ4n) is 5.43. The highest BCUT2D eigenvalue weighted by molar-refractivity contribution is 6.04. The SMILES string of the molecule is CC(C)C(NC(=O)CCCCCN1C(=O)CC(C(C)(C)C)C1=O)C(=O)NC(CCCNC(N)=O)C(=O)Nc1ccc(COC(=O)C(C)(C)C)cc1. The van der Waals surface area contributed by atoms with Crippen LogP contribution in [-0.2, 0) is 40.1 Å². The molecule has 14 heteroatoms. The van der Waals surface area contributed by atoms with Crippen LogP contribution in [0.2, 0.25) is 0 Å². The van der Waals surface area contributed by atoms with Crippen LogP contribution in [0.15, 0.2) is 24.3 Å². The van der Waals surface area contributed by atoms with Gasteiger partial charge in [-0.15, -0.1) is 0 Å². The Morgan fingerprint density at radius 2 is 1.55 bits per heavy atom. The molecule has 3 atom stereocenters. The number of hydrogen-bond acceptors (Lipinski definition) is 8. The lowest BCUT2D eigenvalue weighted by Crippen LogP contribution is -2.54. The maximum Gasteiger partial charge on any atom is 0.312 e. The number of anilines is 1. The molecule has 14 nitrogen and oxygen atoms in total. The van der Waals surface area contributed by atoms with Crippen molar-refractivity contribution in [1.82, 2.24) is 20.9 Å². The maximum absolute atomic E-state index is 13.4. The number of hydrogen-bond donors (Lipinski definition) is 5. The average Bonchev–Trinajstić information content (AvgIpc) is 3.32. The van der Waals surface area contributed by atoms with Gasteiger partial charge >= 0.3 is 12.0 Å². The molecule has 1 aromatic carbocycles. The van der Waals surface area contributed by atoms with E-state index in [-0.39, 0.29) is 73.4 Å². The highest BCUT2D eigenvalue weighted by atomic mass is 16.5. The first-order valence-electron chi connectivity index (χ1n) is 17.7. The molecule has 1 aromatic rings. The molecule has 6 N–H and O–H groups in total. The van der Waals surface area contributed by atoms with E-state index < -0.39 is 35.3 Å². The molecule has 0 aliphatic carbocycles. The van der Waals surface area contributed by atoms with Crippen molar-refractivity contribution in [3.05, 3.63) is 29.8 Å². The number of primary amides is 1. The fraction of sp³-hybridized carbons (Fsp3) is 0.649. The van der Waals surface area contributed by atoms with Crippen LogP contribution in [0.1, 0.15) is 106 Å². The van der Waals surface area contributed by atoms with Crippen LogP contribution in [-0.4, -0.2) is 71.6 Å². The minimum absolute atomic E-state index is 0.0802. The number of ether oxygens (including phenoxy) is 1. The summed E-state index contributed by atoms with van der Waals surface area (Å²) < 4.78 is 5.34. The zero-order valence-electron chi connectivity index (χ0n) is 31.5. The topological polar surface area (TPSA) is 206 Å². The summed E-state index contributed by atoms with van der Waals surface area (Å²) in [5.41, 5.74) is 5.43. The predicted octanol–water partition coefficient (Wildman–Crippen LogP) is 3.77. The smallest absolute Gasteiger partial charge is 0.312 e. The van der Waals surface area contributed by atoms with Crippen molar-refractivity contribution in [3.63, 3.8) is 0 Å². The quantitative estimate of drug-likeness (QED) is 0.0858. The molecule has 1 fully saturated rings. The number of nitrogens with zero attached hydrogens (tertiary/aromatic N) is 1. The van der Waals surface area contributed by atoms with E-state index in [0.29, 0.717) is 37.9 Å². The fourth-order valence-corrected chi connectivity index (χ4v) is 5.43. The summed E-state index contributed by atoms with van der Waals surface area (Å²) in [7, 11) is 0. The van der Waals surface area contributed by atoms with Gasteiger partial charge in [0.2, 0.25) is 29.5 Å². The Morgan fingerprint density at radius 1 is 0.902 bits per heavy atom. The number of likely N-dealkylation sites (tertiary alicyclic amines) is 1. The van der Waals surface area contributed by atoms with Crippen LogP contribution in [0.5, 0.6) is 0 Å². The molecule has 3 unspecified atom stereocenters. The molecular weight excluding hydrogens is 656 g/mol. The Kier molecular flexibility index (Phi) is 16.1. The largest absolute Gasteiger partial charge is 0.460 e. The van der Waals surface area contributed by atoms with Gasteiger partial charge in [-0.3, -0.25) is 33.7 Å². The monoisotopic (exact) mass is 714 g/mol. The van der Waals surface area contributed by atoms with Crippen molar-refractivity contribution in [1.29, 1.82) is 0 Å². The van der Waals surface area contributed by atoms with Gasteiger partial charge in [0, 0.05) is 31.6 Å². The Bertz CT molecular complexity index is 1400. The lowest BCUT2D eigenvalue weighted by Gasteiger charge is -2.25. The third kappa shape index (κ3) is 14.3. The number of benzene rings is 1. The molecule has 51 heavy (non-hydrogen) atoms.